The Balaban J connectivity index is 1.28. The minimum atomic E-state index is -0.500. The maximum Gasteiger partial charge on any atom is 0.135 e. The average molecular weight is 652 g/mol. The molecule has 2 nitrogen and oxygen atoms in total. The summed E-state index contributed by atoms with van der Waals surface area (Å²) in [6.45, 7) is 0. The summed E-state index contributed by atoms with van der Waals surface area (Å²) in [5.41, 5.74) is 14.5. The molecule has 0 saturated carbocycles. The highest BCUT2D eigenvalue weighted by atomic mass is 16.3. The van der Waals surface area contributed by atoms with Gasteiger partial charge in [0.1, 0.15) is 11.2 Å². The number of nitrogens with zero attached hydrogens (tertiary/aromatic N) is 1. The standard InChI is InChI=1S/C49H33NO/c1-4-16-34(17-5-1)39-22-11-14-26-46(39)50(37-29-31-48-43(32-37)42-24-12-15-27-47(42)51-48)38-28-30-41-40-23-10-13-25-44(40)49(45(41)33-38,35-18-6-2-7-19-35)36-20-8-3-9-21-36/h1-33H. The van der Waals surface area contributed by atoms with Crippen molar-refractivity contribution in [1.29, 1.82) is 0 Å². The van der Waals surface area contributed by atoms with E-state index in [2.05, 4.69) is 193 Å². The van der Waals surface area contributed by atoms with Crippen molar-refractivity contribution in [2.24, 2.45) is 0 Å². The largest absolute Gasteiger partial charge is 0.456 e. The number of benzene rings is 8. The second kappa shape index (κ2) is 11.8. The van der Waals surface area contributed by atoms with Crippen molar-refractivity contribution in [3.05, 3.63) is 222 Å². The Morgan fingerprint density at radius 2 is 0.922 bits per heavy atom. The Kier molecular flexibility index (Phi) is 6.75. The van der Waals surface area contributed by atoms with Crippen LogP contribution in [0.1, 0.15) is 22.3 Å². The fourth-order valence-electron chi connectivity index (χ4n) is 8.38. The van der Waals surface area contributed by atoms with E-state index in [1.165, 1.54) is 38.9 Å². The van der Waals surface area contributed by atoms with E-state index in [0.29, 0.717) is 0 Å². The van der Waals surface area contributed by atoms with Crippen LogP contribution in [0.25, 0.3) is 44.2 Å². The van der Waals surface area contributed by atoms with Crippen LogP contribution in [-0.4, -0.2) is 0 Å². The Hall–Kier alpha value is -6.64. The van der Waals surface area contributed by atoms with Gasteiger partial charge in [-0.15, -0.1) is 0 Å². The van der Waals surface area contributed by atoms with Crippen molar-refractivity contribution in [2.75, 3.05) is 4.90 Å². The molecule has 8 aromatic carbocycles. The number of fused-ring (bicyclic) bond motifs is 6. The fourth-order valence-corrected chi connectivity index (χ4v) is 8.38. The maximum atomic E-state index is 6.29. The van der Waals surface area contributed by atoms with Gasteiger partial charge in [0.2, 0.25) is 0 Å². The zero-order chi connectivity index (χ0) is 33.8. The number of anilines is 3. The lowest BCUT2D eigenvalue weighted by Crippen LogP contribution is -2.28. The van der Waals surface area contributed by atoms with Gasteiger partial charge in [-0.05, 0) is 81.4 Å². The summed E-state index contributed by atoms with van der Waals surface area (Å²) in [6, 6.07) is 72.3. The maximum absolute atomic E-state index is 6.29. The van der Waals surface area contributed by atoms with Gasteiger partial charge in [0.05, 0.1) is 11.1 Å². The van der Waals surface area contributed by atoms with Crippen LogP contribution >= 0.6 is 0 Å². The van der Waals surface area contributed by atoms with E-state index in [0.717, 1.165) is 44.6 Å². The predicted octanol–water partition coefficient (Wildman–Crippen LogP) is 13.1. The second-order valence-corrected chi connectivity index (χ2v) is 13.3. The molecule has 0 saturated heterocycles. The van der Waals surface area contributed by atoms with Gasteiger partial charge in [0.25, 0.3) is 0 Å². The predicted molar refractivity (Wildman–Crippen MR) is 211 cm³/mol. The van der Waals surface area contributed by atoms with Gasteiger partial charge in [0.15, 0.2) is 0 Å². The molecule has 1 heterocycles. The topological polar surface area (TPSA) is 16.4 Å². The first-order valence-electron chi connectivity index (χ1n) is 17.5. The van der Waals surface area contributed by atoms with Gasteiger partial charge in [-0.1, -0.05) is 158 Å². The van der Waals surface area contributed by atoms with E-state index in [4.69, 9.17) is 4.42 Å². The highest BCUT2D eigenvalue weighted by Crippen LogP contribution is 2.57. The molecule has 0 radical (unpaired) electrons. The zero-order valence-corrected chi connectivity index (χ0v) is 27.9. The van der Waals surface area contributed by atoms with Crippen molar-refractivity contribution < 1.29 is 4.42 Å². The molecule has 0 unspecified atom stereocenters. The van der Waals surface area contributed by atoms with Gasteiger partial charge in [0, 0.05) is 27.7 Å². The third-order valence-electron chi connectivity index (χ3n) is 10.5. The third-order valence-corrected chi connectivity index (χ3v) is 10.5. The van der Waals surface area contributed by atoms with E-state index in [1.54, 1.807) is 0 Å². The van der Waals surface area contributed by atoms with E-state index < -0.39 is 5.41 Å². The molecule has 0 aliphatic heterocycles. The SMILES string of the molecule is c1ccc(-c2ccccc2N(c2ccc3c(c2)C(c2ccccc2)(c2ccccc2)c2ccccc2-3)c2ccc3oc4ccccc4c3c2)cc1. The molecule has 9 aromatic rings. The summed E-state index contributed by atoms with van der Waals surface area (Å²) in [7, 11) is 0. The van der Waals surface area contributed by atoms with E-state index in [-0.39, 0.29) is 0 Å². The lowest BCUT2D eigenvalue weighted by Gasteiger charge is -2.35. The average Bonchev–Trinajstić information content (AvgIpc) is 3.73. The van der Waals surface area contributed by atoms with Crippen LogP contribution in [0.2, 0.25) is 0 Å². The first-order chi connectivity index (χ1) is 25.3. The molecular formula is C49H33NO. The molecule has 240 valence electrons. The van der Waals surface area contributed by atoms with Gasteiger partial charge in [-0.2, -0.15) is 0 Å². The normalized spacial score (nSPS) is 12.9. The fraction of sp³-hybridized carbons (Fsp3) is 0.0204. The first kappa shape index (κ1) is 29.3. The lowest BCUT2D eigenvalue weighted by molar-refractivity contribution is 0.669. The van der Waals surface area contributed by atoms with Crippen LogP contribution in [0.5, 0.6) is 0 Å². The minimum absolute atomic E-state index is 0.500. The van der Waals surface area contributed by atoms with Crippen LogP contribution in [-0.2, 0) is 5.41 Å². The molecule has 1 aromatic heterocycles. The first-order valence-corrected chi connectivity index (χ1v) is 17.5. The summed E-state index contributed by atoms with van der Waals surface area (Å²) in [5, 5.41) is 2.21. The summed E-state index contributed by atoms with van der Waals surface area (Å²) >= 11 is 0. The van der Waals surface area contributed by atoms with Crippen molar-refractivity contribution in [3.63, 3.8) is 0 Å². The van der Waals surface area contributed by atoms with Gasteiger partial charge < -0.3 is 9.32 Å². The molecule has 10 rings (SSSR count). The Bertz CT molecular complexity index is 2650. The number of rotatable bonds is 6. The van der Waals surface area contributed by atoms with Crippen LogP contribution in [0.4, 0.5) is 17.1 Å². The van der Waals surface area contributed by atoms with Crippen molar-refractivity contribution >= 4 is 39.0 Å². The summed E-state index contributed by atoms with van der Waals surface area (Å²) in [6.07, 6.45) is 0. The highest BCUT2D eigenvalue weighted by molar-refractivity contribution is 6.07. The smallest absolute Gasteiger partial charge is 0.135 e. The van der Waals surface area contributed by atoms with Crippen LogP contribution < -0.4 is 4.90 Å². The molecular weight excluding hydrogens is 619 g/mol. The number of hydrogen-bond donors (Lipinski definition) is 0. The molecule has 1 aliphatic carbocycles. The minimum Gasteiger partial charge on any atom is -0.456 e. The summed E-state index contributed by atoms with van der Waals surface area (Å²) < 4.78 is 6.29. The summed E-state index contributed by atoms with van der Waals surface area (Å²) in [4.78, 5) is 2.42. The van der Waals surface area contributed by atoms with Gasteiger partial charge >= 0.3 is 0 Å². The quantitative estimate of drug-likeness (QED) is 0.178. The van der Waals surface area contributed by atoms with Gasteiger partial charge in [-0.3, -0.25) is 0 Å². The molecule has 0 bridgehead atoms. The molecule has 0 fully saturated rings. The number of para-hydroxylation sites is 2. The zero-order valence-electron chi connectivity index (χ0n) is 27.9. The molecule has 1 aliphatic rings. The molecule has 0 atom stereocenters. The second-order valence-electron chi connectivity index (χ2n) is 13.3. The molecule has 51 heavy (non-hydrogen) atoms. The molecule has 0 N–H and O–H groups in total. The van der Waals surface area contributed by atoms with Crippen molar-refractivity contribution in [3.8, 4) is 22.3 Å². The van der Waals surface area contributed by atoms with Crippen molar-refractivity contribution in [1.82, 2.24) is 0 Å². The molecule has 0 amide bonds. The summed E-state index contributed by atoms with van der Waals surface area (Å²) in [5.74, 6) is 0. The van der Waals surface area contributed by atoms with Crippen LogP contribution in [0.15, 0.2) is 205 Å². The molecule has 2 heteroatoms. The third kappa shape index (κ3) is 4.50. The van der Waals surface area contributed by atoms with Gasteiger partial charge in [-0.25, -0.2) is 0 Å². The number of furan rings is 1. The monoisotopic (exact) mass is 651 g/mol. The highest BCUT2D eigenvalue weighted by Gasteiger charge is 2.46. The number of hydrogen-bond acceptors (Lipinski definition) is 2. The van der Waals surface area contributed by atoms with Crippen LogP contribution in [0, 0.1) is 0 Å². The Labute approximate surface area is 297 Å². The van der Waals surface area contributed by atoms with E-state index >= 15 is 0 Å². The van der Waals surface area contributed by atoms with E-state index in [1.807, 2.05) is 12.1 Å². The van der Waals surface area contributed by atoms with Crippen LogP contribution in [0.3, 0.4) is 0 Å². The molecule has 0 spiro atoms. The van der Waals surface area contributed by atoms with Crippen molar-refractivity contribution in [2.45, 2.75) is 5.41 Å². The lowest BCUT2D eigenvalue weighted by atomic mass is 9.67. The Morgan fingerprint density at radius 3 is 1.69 bits per heavy atom. The Morgan fingerprint density at radius 1 is 0.373 bits per heavy atom. The van der Waals surface area contributed by atoms with E-state index in [9.17, 15) is 0 Å².